The maximum absolute atomic E-state index is 12.2. The molecular weight excluding hydrogens is 302 g/mol. The van der Waals surface area contributed by atoms with E-state index in [1.165, 1.54) is 0 Å². The Morgan fingerprint density at radius 1 is 1.14 bits per heavy atom. The van der Waals surface area contributed by atoms with Crippen molar-refractivity contribution >= 4 is 15.8 Å². The number of ketones is 1. The summed E-state index contributed by atoms with van der Waals surface area (Å²) in [6, 6.07) is 13.1. The van der Waals surface area contributed by atoms with Gasteiger partial charge < -0.3 is 5.11 Å². The molecule has 0 heterocycles. The molecule has 0 aliphatic heterocycles. The van der Waals surface area contributed by atoms with Crippen LogP contribution >= 0.6 is 0 Å². The van der Waals surface area contributed by atoms with Crippen LogP contribution in [0.3, 0.4) is 0 Å². The summed E-state index contributed by atoms with van der Waals surface area (Å²) in [4.78, 5) is 11.5. The summed E-state index contributed by atoms with van der Waals surface area (Å²) < 4.78 is 26.9. The molecule has 0 aliphatic rings. The largest absolute Gasteiger partial charge is 0.388 e. The third-order valence-corrected chi connectivity index (χ3v) is 4.58. The summed E-state index contributed by atoms with van der Waals surface area (Å²) in [5.41, 5.74) is 1.99. The Morgan fingerprint density at radius 2 is 1.82 bits per heavy atom. The monoisotopic (exact) mass is 319 g/mol. The van der Waals surface area contributed by atoms with Gasteiger partial charge in [0.05, 0.1) is 4.90 Å². The zero-order valence-corrected chi connectivity index (χ0v) is 12.9. The number of carbonyl (C=O) groups excluding carboxylic acids is 1. The number of aliphatic hydroxyl groups is 1. The molecule has 2 N–H and O–H groups in total. The third-order valence-electron chi connectivity index (χ3n) is 3.19. The van der Waals surface area contributed by atoms with Crippen LogP contribution in [0, 0.1) is 6.92 Å². The molecule has 0 atom stereocenters. The van der Waals surface area contributed by atoms with Gasteiger partial charge in [-0.3, -0.25) is 4.79 Å². The topological polar surface area (TPSA) is 83.5 Å². The van der Waals surface area contributed by atoms with Crippen molar-refractivity contribution in [2.75, 3.05) is 6.61 Å². The van der Waals surface area contributed by atoms with Gasteiger partial charge in [-0.2, -0.15) is 0 Å². The zero-order valence-electron chi connectivity index (χ0n) is 12.1. The van der Waals surface area contributed by atoms with Gasteiger partial charge in [0.1, 0.15) is 6.61 Å². The van der Waals surface area contributed by atoms with Crippen molar-refractivity contribution in [1.29, 1.82) is 0 Å². The lowest BCUT2D eigenvalue weighted by Crippen LogP contribution is -2.23. The van der Waals surface area contributed by atoms with E-state index in [9.17, 15) is 13.2 Å². The number of carbonyl (C=O) groups is 1. The van der Waals surface area contributed by atoms with Crippen molar-refractivity contribution in [2.45, 2.75) is 18.4 Å². The van der Waals surface area contributed by atoms with Gasteiger partial charge in [-0.1, -0.05) is 36.4 Å². The molecule has 0 fully saturated rings. The van der Waals surface area contributed by atoms with E-state index in [1.807, 2.05) is 13.0 Å². The zero-order chi connectivity index (χ0) is 16.2. The Labute approximate surface area is 129 Å². The molecule has 0 saturated carbocycles. The Kier molecular flexibility index (Phi) is 5.07. The minimum Gasteiger partial charge on any atom is -0.388 e. The predicted molar refractivity (Wildman–Crippen MR) is 83.1 cm³/mol. The van der Waals surface area contributed by atoms with Crippen LogP contribution in [0.1, 0.15) is 21.5 Å². The number of rotatable bonds is 6. The summed E-state index contributed by atoms with van der Waals surface area (Å²) in [6.07, 6.45) is 0. The lowest BCUT2D eigenvalue weighted by molar-refractivity contribution is 0.0903. The summed E-state index contributed by atoms with van der Waals surface area (Å²) in [7, 11) is -3.57. The molecule has 0 unspecified atom stereocenters. The van der Waals surface area contributed by atoms with Crippen LogP contribution in [0.25, 0.3) is 0 Å². The molecule has 0 amide bonds. The first-order chi connectivity index (χ1) is 10.4. The van der Waals surface area contributed by atoms with Crippen molar-refractivity contribution in [2.24, 2.45) is 0 Å². The van der Waals surface area contributed by atoms with Gasteiger partial charge in [0, 0.05) is 12.1 Å². The van der Waals surface area contributed by atoms with Gasteiger partial charge in [-0.15, -0.1) is 0 Å². The highest BCUT2D eigenvalue weighted by molar-refractivity contribution is 7.89. The van der Waals surface area contributed by atoms with Crippen LogP contribution in [0.4, 0.5) is 0 Å². The average molecular weight is 319 g/mol. The maximum Gasteiger partial charge on any atom is 0.240 e. The molecule has 22 heavy (non-hydrogen) atoms. The minimum absolute atomic E-state index is 0.129. The normalized spacial score (nSPS) is 11.4. The quantitative estimate of drug-likeness (QED) is 0.793. The average Bonchev–Trinajstić information content (AvgIpc) is 2.53. The number of aryl methyl sites for hydroxylation is 1. The number of Topliss-reactive ketones (excluding diaryl/α,β-unsaturated/α-hetero) is 1. The molecule has 0 aromatic heterocycles. The van der Waals surface area contributed by atoms with Gasteiger partial charge in [-0.25, -0.2) is 13.1 Å². The van der Waals surface area contributed by atoms with Crippen LogP contribution in [-0.4, -0.2) is 25.9 Å². The standard InChI is InChI=1S/C16H17NO4S/c1-12-3-2-4-15(9-12)22(20,21)17-10-13-5-7-14(8-6-13)16(19)11-18/h2-9,17-18H,10-11H2,1H3. The van der Waals surface area contributed by atoms with E-state index in [4.69, 9.17) is 5.11 Å². The van der Waals surface area contributed by atoms with Gasteiger partial charge >= 0.3 is 0 Å². The van der Waals surface area contributed by atoms with E-state index < -0.39 is 16.6 Å². The van der Waals surface area contributed by atoms with Crippen LogP contribution in [-0.2, 0) is 16.6 Å². The van der Waals surface area contributed by atoms with Crippen molar-refractivity contribution in [3.8, 4) is 0 Å². The summed E-state index contributed by atoms with van der Waals surface area (Å²) >= 11 is 0. The molecule has 0 aliphatic carbocycles. The van der Waals surface area contributed by atoms with E-state index in [2.05, 4.69) is 4.72 Å². The first-order valence-electron chi connectivity index (χ1n) is 6.72. The Bertz CT molecular complexity index is 767. The molecule has 5 nitrogen and oxygen atoms in total. The Hall–Kier alpha value is -2.02. The van der Waals surface area contributed by atoms with E-state index in [0.717, 1.165) is 11.1 Å². The summed E-state index contributed by atoms with van der Waals surface area (Å²) in [5, 5.41) is 8.77. The van der Waals surface area contributed by atoms with Gasteiger partial charge in [0.15, 0.2) is 5.78 Å². The fourth-order valence-corrected chi connectivity index (χ4v) is 3.07. The van der Waals surface area contributed by atoms with E-state index >= 15 is 0 Å². The molecule has 0 radical (unpaired) electrons. The number of benzene rings is 2. The van der Waals surface area contributed by atoms with E-state index in [-0.39, 0.29) is 17.2 Å². The predicted octanol–water partition coefficient (Wildman–Crippen LogP) is 1.65. The fraction of sp³-hybridized carbons (Fsp3) is 0.188. The molecule has 2 aromatic carbocycles. The van der Waals surface area contributed by atoms with Crippen LogP contribution in [0.2, 0.25) is 0 Å². The number of aliphatic hydroxyl groups excluding tert-OH is 1. The lowest BCUT2D eigenvalue weighted by Gasteiger charge is -2.08. The second-order valence-corrected chi connectivity index (χ2v) is 6.69. The highest BCUT2D eigenvalue weighted by atomic mass is 32.2. The number of sulfonamides is 1. The van der Waals surface area contributed by atoms with Crippen molar-refractivity contribution in [3.05, 3.63) is 65.2 Å². The summed E-state index contributed by atoms with van der Waals surface area (Å²) in [6.45, 7) is 1.42. The number of hydrogen-bond acceptors (Lipinski definition) is 4. The number of hydrogen-bond donors (Lipinski definition) is 2. The Balaban J connectivity index is 2.07. The van der Waals surface area contributed by atoms with Crippen molar-refractivity contribution in [3.63, 3.8) is 0 Å². The molecule has 0 spiro atoms. The first kappa shape index (κ1) is 16.4. The highest BCUT2D eigenvalue weighted by Crippen LogP contribution is 2.12. The smallest absolute Gasteiger partial charge is 0.240 e. The molecule has 0 saturated heterocycles. The van der Waals surface area contributed by atoms with Gasteiger partial charge in [-0.05, 0) is 30.2 Å². The number of nitrogens with one attached hydrogen (secondary N) is 1. The Morgan fingerprint density at radius 3 is 2.41 bits per heavy atom. The first-order valence-corrected chi connectivity index (χ1v) is 8.20. The van der Waals surface area contributed by atoms with Gasteiger partial charge in [0.2, 0.25) is 10.0 Å². The molecule has 2 aromatic rings. The van der Waals surface area contributed by atoms with E-state index in [0.29, 0.717) is 5.56 Å². The fourth-order valence-electron chi connectivity index (χ4n) is 1.94. The second kappa shape index (κ2) is 6.83. The second-order valence-electron chi connectivity index (χ2n) is 4.92. The van der Waals surface area contributed by atoms with E-state index in [1.54, 1.807) is 42.5 Å². The van der Waals surface area contributed by atoms with Crippen LogP contribution in [0.5, 0.6) is 0 Å². The molecular formula is C16H17NO4S. The van der Waals surface area contributed by atoms with Crippen LogP contribution in [0.15, 0.2) is 53.4 Å². The lowest BCUT2D eigenvalue weighted by atomic mass is 10.1. The third kappa shape index (κ3) is 4.00. The maximum atomic E-state index is 12.2. The van der Waals surface area contributed by atoms with Crippen molar-refractivity contribution < 1.29 is 18.3 Å². The highest BCUT2D eigenvalue weighted by Gasteiger charge is 2.13. The molecule has 6 heteroatoms. The van der Waals surface area contributed by atoms with Gasteiger partial charge in [0.25, 0.3) is 0 Å². The van der Waals surface area contributed by atoms with Crippen molar-refractivity contribution in [1.82, 2.24) is 4.72 Å². The molecule has 116 valence electrons. The summed E-state index contributed by atoms with van der Waals surface area (Å²) in [5.74, 6) is -0.369. The SMILES string of the molecule is Cc1cccc(S(=O)(=O)NCc2ccc(C(=O)CO)cc2)c1. The molecule has 2 rings (SSSR count). The minimum atomic E-state index is -3.57. The van der Waals surface area contributed by atoms with Crippen LogP contribution < -0.4 is 4.72 Å². The molecule has 0 bridgehead atoms.